The van der Waals surface area contributed by atoms with Gasteiger partial charge in [-0.2, -0.15) is 9.57 Å². The highest BCUT2D eigenvalue weighted by atomic mass is 32.2. The predicted octanol–water partition coefficient (Wildman–Crippen LogP) is 0.646. The summed E-state index contributed by atoms with van der Waals surface area (Å²) in [5, 5.41) is 8.02. The van der Waals surface area contributed by atoms with Crippen LogP contribution in [0.3, 0.4) is 0 Å². The molecule has 1 heterocycles. The quantitative estimate of drug-likeness (QED) is 0.736. The third-order valence-corrected chi connectivity index (χ3v) is 6.02. The molecule has 1 saturated heterocycles. The van der Waals surface area contributed by atoms with Crippen molar-refractivity contribution >= 4 is 10.0 Å². The lowest BCUT2D eigenvalue weighted by atomic mass is 10.3. The Labute approximate surface area is 109 Å². The molecule has 0 radical (unpaired) electrons. The molecule has 1 saturated carbocycles. The molecule has 1 atom stereocenters. The zero-order valence-electron chi connectivity index (χ0n) is 10.9. The zero-order chi connectivity index (χ0) is 13.2. The zero-order valence-corrected chi connectivity index (χ0v) is 11.7. The van der Waals surface area contributed by atoms with Crippen molar-refractivity contribution in [3.8, 4) is 6.07 Å². The molecule has 0 bridgehead atoms. The number of nitriles is 1. The Morgan fingerprint density at radius 1 is 1.28 bits per heavy atom. The monoisotopic (exact) mass is 271 g/mol. The van der Waals surface area contributed by atoms with Gasteiger partial charge in [-0.3, -0.25) is 0 Å². The Kier molecular flexibility index (Phi) is 4.25. The molecule has 5 nitrogen and oxygen atoms in total. The van der Waals surface area contributed by atoms with E-state index >= 15 is 0 Å². The van der Waals surface area contributed by atoms with E-state index in [2.05, 4.69) is 4.90 Å². The summed E-state index contributed by atoms with van der Waals surface area (Å²) in [6.45, 7) is 5.54. The van der Waals surface area contributed by atoms with Crippen molar-refractivity contribution in [2.24, 2.45) is 5.92 Å². The van der Waals surface area contributed by atoms with Gasteiger partial charge in [0.2, 0.25) is 10.0 Å². The molecule has 1 unspecified atom stereocenters. The van der Waals surface area contributed by atoms with Gasteiger partial charge in [0.1, 0.15) is 0 Å². The minimum Gasteiger partial charge on any atom is -0.300 e. The van der Waals surface area contributed by atoms with E-state index in [1.807, 2.05) is 6.07 Å². The molecule has 2 aliphatic rings. The highest BCUT2D eigenvalue weighted by molar-refractivity contribution is 7.90. The molecule has 0 aromatic rings. The number of sulfonamides is 1. The molecule has 1 aliphatic heterocycles. The van der Waals surface area contributed by atoms with E-state index in [9.17, 15) is 8.42 Å². The third-order valence-electron chi connectivity index (χ3n) is 3.78. The van der Waals surface area contributed by atoms with Gasteiger partial charge >= 0.3 is 0 Å². The Bertz CT molecular complexity index is 417. The van der Waals surface area contributed by atoms with Crippen molar-refractivity contribution in [2.45, 2.75) is 31.4 Å². The average Bonchev–Trinajstić information content (AvgIpc) is 3.15. The lowest BCUT2D eigenvalue weighted by Gasteiger charge is -2.34. The van der Waals surface area contributed by atoms with Crippen LogP contribution in [0.5, 0.6) is 0 Å². The van der Waals surface area contributed by atoms with Crippen molar-refractivity contribution < 1.29 is 8.42 Å². The SMILES string of the molecule is CCC(C#N)S(=O)(=O)N1CCN(CC2CC2)CC1. The third kappa shape index (κ3) is 3.02. The molecule has 0 aromatic heterocycles. The van der Waals surface area contributed by atoms with Gasteiger partial charge in [0, 0.05) is 32.7 Å². The van der Waals surface area contributed by atoms with E-state index in [1.54, 1.807) is 6.92 Å². The normalized spacial score (nSPS) is 24.7. The Morgan fingerprint density at radius 3 is 2.33 bits per heavy atom. The maximum absolute atomic E-state index is 12.2. The molecule has 2 rings (SSSR count). The van der Waals surface area contributed by atoms with E-state index in [1.165, 1.54) is 17.1 Å². The molecule has 6 heteroatoms. The van der Waals surface area contributed by atoms with Crippen molar-refractivity contribution in [1.82, 2.24) is 9.21 Å². The van der Waals surface area contributed by atoms with Crippen LogP contribution in [0.1, 0.15) is 26.2 Å². The average molecular weight is 271 g/mol. The molecule has 0 aromatic carbocycles. The van der Waals surface area contributed by atoms with Gasteiger partial charge in [-0.25, -0.2) is 8.42 Å². The van der Waals surface area contributed by atoms with Crippen LogP contribution in [0.25, 0.3) is 0 Å². The molecule has 0 N–H and O–H groups in total. The molecule has 102 valence electrons. The molecule has 18 heavy (non-hydrogen) atoms. The van der Waals surface area contributed by atoms with Crippen molar-refractivity contribution in [3.05, 3.63) is 0 Å². The second kappa shape index (κ2) is 5.55. The first-order chi connectivity index (χ1) is 8.57. The van der Waals surface area contributed by atoms with Gasteiger partial charge in [-0.15, -0.1) is 0 Å². The van der Waals surface area contributed by atoms with E-state index in [0.29, 0.717) is 19.5 Å². The van der Waals surface area contributed by atoms with Crippen molar-refractivity contribution in [3.63, 3.8) is 0 Å². The highest BCUT2D eigenvalue weighted by Crippen LogP contribution is 2.30. The van der Waals surface area contributed by atoms with E-state index in [0.717, 1.165) is 25.6 Å². The molecular weight excluding hydrogens is 250 g/mol. The second-order valence-electron chi connectivity index (χ2n) is 5.21. The number of nitrogens with zero attached hydrogens (tertiary/aromatic N) is 3. The number of hydrogen-bond acceptors (Lipinski definition) is 4. The van der Waals surface area contributed by atoms with E-state index < -0.39 is 15.3 Å². The first-order valence-corrected chi connectivity index (χ1v) is 8.19. The lowest BCUT2D eigenvalue weighted by Crippen LogP contribution is -2.51. The predicted molar refractivity (Wildman–Crippen MR) is 69.3 cm³/mol. The molecule has 1 aliphatic carbocycles. The van der Waals surface area contributed by atoms with Crippen LogP contribution in [-0.2, 0) is 10.0 Å². The van der Waals surface area contributed by atoms with Crippen LogP contribution in [0.4, 0.5) is 0 Å². The molecular formula is C12H21N3O2S. The molecule has 0 spiro atoms. The summed E-state index contributed by atoms with van der Waals surface area (Å²) in [6.07, 6.45) is 3.01. The van der Waals surface area contributed by atoms with Crippen LogP contribution < -0.4 is 0 Å². The highest BCUT2D eigenvalue weighted by Gasteiger charge is 2.34. The Morgan fingerprint density at radius 2 is 1.89 bits per heavy atom. The van der Waals surface area contributed by atoms with Crippen LogP contribution in [0.15, 0.2) is 0 Å². The molecule has 0 amide bonds. The second-order valence-corrected chi connectivity index (χ2v) is 7.33. The summed E-state index contributed by atoms with van der Waals surface area (Å²) in [5.41, 5.74) is 0. The number of piperazine rings is 1. The van der Waals surface area contributed by atoms with Gasteiger partial charge in [-0.1, -0.05) is 6.92 Å². The summed E-state index contributed by atoms with van der Waals surface area (Å²) in [5.74, 6) is 0.843. The smallest absolute Gasteiger partial charge is 0.230 e. The van der Waals surface area contributed by atoms with E-state index in [-0.39, 0.29) is 0 Å². The van der Waals surface area contributed by atoms with Crippen LogP contribution in [0, 0.1) is 17.2 Å². The summed E-state index contributed by atoms with van der Waals surface area (Å²) in [4.78, 5) is 2.34. The van der Waals surface area contributed by atoms with Crippen LogP contribution in [0.2, 0.25) is 0 Å². The number of hydrogen-bond donors (Lipinski definition) is 0. The first-order valence-electron chi connectivity index (χ1n) is 6.69. The van der Waals surface area contributed by atoms with Gasteiger partial charge in [-0.05, 0) is 25.2 Å². The van der Waals surface area contributed by atoms with Gasteiger partial charge in [0.15, 0.2) is 5.25 Å². The summed E-state index contributed by atoms with van der Waals surface area (Å²) in [6, 6.07) is 1.90. The van der Waals surface area contributed by atoms with Crippen LogP contribution in [-0.4, -0.2) is 55.6 Å². The Balaban J connectivity index is 1.90. The van der Waals surface area contributed by atoms with Gasteiger partial charge in [0.05, 0.1) is 6.07 Å². The van der Waals surface area contributed by atoms with Crippen LogP contribution >= 0.6 is 0 Å². The largest absolute Gasteiger partial charge is 0.300 e. The molecule has 2 fully saturated rings. The fourth-order valence-corrected chi connectivity index (χ4v) is 3.97. The van der Waals surface area contributed by atoms with E-state index in [4.69, 9.17) is 5.26 Å². The topological polar surface area (TPSA) is 64.4 Å². The number of rotatable bonds is 5. The first kappa shape index (κ1) is 13.8. The van der Waals surface area contributed by atoms with Crippen molar-refractivity contribution in [2.75, 3.05) is 32.7 Å². The van der Waals surface area contributed by atoms with Gasteiger partial charge in [0.25, 0.3) is 0 Å². The Hall–Kier alpha value is -0.640. The summed E-state index contributed by atoms with van der Waals surface area (Å²) in [7, 11) is -3.41. The maximum atomic E-state index is 12.2. The minimum atomic E-state index is -3.41. The van der Waals surface area contributed by atoms with Crippen molar-refractivity contribution in [1.29, 1.82) is 5.26 Å². The lowest BCUT2D eigenvalue weighted by molar-refractivity contribution is 0.182. The fourth-order valence-electron chi connectivity index (χ4n) is 2.38. The summed E-state index contributed by atoms with van der Waals surface area (Å²) < 4.78 is 25.8. The minimum absolute atomic E-state index is 0.362. The maximum Gasteiger partial charge on any atom is 0.230 e. The standard InChI is InChI=1S/C12H21N3O2S/c1-2-12(9-13)18(16,17)15-7-5-14(6-8-15)10-11-3-4-11/h11-12H,2-8,10H2,1H3. The fraction of sp³-hybridized carbons (Fsp3) is 0.917. The van der Waals surface area contributed by atoms with Gasteiger partial charge < -0.3 is 4.90 Å². The summed E-state index contributed by atoms with van der Waals surface area (Å²) >= 11 is 0.